The van der Waals surface area contributed by atoms with Gasteiger partial charge in [-0.3, -0.25) is 9.59 Å². The van der Waals surface area contributed by atoms with Gasteiger partial charge in [-0.25, -0.2) is 0 Å². The van der Waals surface area contributed by atoms with Crippen molar-refractivity contribution in [2.75, 3.05) is 7.11 Å². The van der Waals surface area contributed by atoms with Gasteiger partial charge in [0.1, 0.15) is 0 Å². The molecule has 3 fully saturated rings. The van der Waals surface area contributed by atoms with Crippen LogP contribution in [-0.2, 0) is 14.3 Å². The number of hydrogen-bond acceptors (Lipinski definition) is 5. The highest BCUT2D eigenvalue weighted by molar-refractivity contribution is 5.91. The zero-order chi connectivity index (χ0) is 20.4. The number of carbonyl (C=O) groups excluding carboxylic acids is 2. The number of esters is 1. The number of methoxy groups -OCH3 is 1. The molecule has 0 aromatic rings. The predicted octanol–water partition coefficient (Wildman–Crippen LogP) is 2.89. The largest absolute Gasteiger partial charge is 0.469 e. The summed E-state index contributed by atoms with van der Waals surface area (Å²) in [5, 5.41) is 22.5. The van der Waals surface area contributed by atoms with Crippen molar-refractivity contribution < 1.29 is 24.5 Å². The molecule has 3 saturated carbocycles. The molecule has 0 aromatic heterocycles. The SMILES string of the molecule is COC(=O)C(C)[C@H]1CC[C@H]2[C@@H]3C(O)CC4=CC(=O)CC[C@]4(C)[C@H]3CC(O)[C@]12C. The second-order valence-electron chi connectivity index (χ2n) is 10.2. The first-order chi connectivity index (χ1) is 13.1. The summed E-state index contributed by atoms with van der Waals surface area (Å²) in [4.78, 5) is 24.2. The number of carbonyl (C=O) groups is 2. The first-order valence-electron chi connectivity index (χ1n) is 10.8. The van der Waals surface area contributed by atoms with Gasteiger partial charge < -0.3 is 14.9 Å². The van der Waals surface area contributed by atoms with Crippen LogP contribution in [0.4, 0.5) is 0 Å². The number of hydrogen-bond donors (Lipinski definition) is 2. The van der Waals surface area contributed by atoms with E-state index in [0.717, 1.165) is 24.8 Å². The minimum absolute atomic E-state index is 0.0609. The maximum atomic E-state index is 12.2. The molecule has 9 atom stereocenters. The van der Waals surface area contributed by atoms with Crippen molar-refractivity contribution in [1.29, 1.82) is 0 Å². The van der Waals surface area contributed by atoms with Crippen LogP contribution in [0.3, 0.4) is 0 Å². The smallest absolute Gasteiger partial charge is 0.308 e. The summed E-state index contributed by atoms with van der Waals surface area (Å²) in [5.41, 5.74) is 0.565. The predicted molar refractivity (Wildman–Crippen MR) is 104 cm³/mol. The quantitative estimate of drug-likeness (QED) is 0.709. The third-order valence-corrected chi connectivity index (χ3v) is 9.34. The molecule has 0 spiro atoms. The highest BCUT2D eigenvalue weighted by atomic mass is 16.5. The molecule has 4 rings (SSSR count). The number of aliphatic hydroxyl groups excluding tert-OH is 2. The summed E-state index contributed by atoms with van der Waals surface area (Å²) >= 11 is 0. The minimum Gasteiger partial charge on any atom is -0.469 e. The fourth-order valence-electron chi connectivity index (χ4n) is 7.70. The van der Waals surface area contributed by atoms with Crippen molar-refractivity contribution in [3.63, 3.8) is 0 Å². The first-order valence-corrected chi connectivity index (χ1v) is 10.8. The molecule has 2 N–H and O–H groups in total. The van der Waals surface area contributed by atoms with Gasteiger partial charge in [0.15, 0.2) is 5.78 Å². The topological polar surface area (TPSA) is 83.8 Å². The van der Waals surface area contributed by atoms with E-state index in [0.29, 0.717) is 19.3 Å². The second kappa shape index (κ2) is 6.66. The second-order valence-corrected chi connectivity index (χ2v) is 10.2. The van der Waals surface area contributed by atoms with E-state index in [1.807, 2.05) is 6.92 Å². The number of rotatable bonds is 2. The lowest BCUT2D eigenvalue weighted by atomic mass is 9.45. The van der Waals surface area contributed by atoms with Crippen molar-refractivity contribution in [3.8, 4) is 0 Å². The zero-order valence-electron chi connectivity index (χ0n) is 17.5. The Kier molecular flexibility index (Phi) is 4.78. The van der Waals surface area contributed by atoms with Crippen LogP contribution in [-0.4, -0.2) is 41.3 Å². The van der Waals surface area contributed by atoms with Gasteiger partial charge in [-0.05, 0) is 67.3 Å². The average molecular weight is 391 g/mol. The Labute approximate surface area is 167 Å². The van der Waals surface area contributed by atoms with E-state index >= 15 is 0 Å². The molecule has 0 aliphatic heterocycles. The van der Waals surface area contributed by atoms with Gasteiger partial charge in [0, 0.05) is 11.8 Å². The molecular formula is C23H34O5. The van der Waals surface area contributed by atoms with E-state index in [1.165, 1.54) is 7.11 Å². The summed E-state index contributed by atoms with van der Waals surface area (Å²) < 4.78 is 5.00. The molecule has 0 aromatic carbocycles. The molecule has 0 radical (unpaired) electrons. The lowest BCUT2D eigenvalue weighted by Crippen LogP contribution is -2.60. The molecule has 0 heterocycles. The summed E-state index contributed by atoms with van der Waals surface area (Å²) in [6.45, 7) is 6.27. The maximum absolute atomic E-state index is 12.2. The Morgan fingerprint density at radius 1 is 1.25 bits per heavy atom. The van der Waals surface area contributed by atoms with Crippen molar-refractivity contribution in [1.82, 2.24) is 0 Å². The number of ketones is 1. The fraction of sp³-hybridized carbons (Fsp3) is 0.826. The summed E-state index contributed by atoms with van der Waals surface area (Å²) in [6.07, 6.45) is 5.11. The van der Waals surface area contributed by atoms with E-state index in [9.17, 15) is 19.8 Å². The molecule has 5 heteroatoms. The highest BCUT2D eigenvalue weighted by Gasteiger charge is 2.65. The molecular weight excluding hydrogens is 356 g/mol. The van der Waals surface area contributed by atoms with Crippen LogP contribution in [0.2, 0.25) is 0 Å². The van der Waals surface area contributed by atoms with Crippen molar-refractivity contribution >= 4 is 11.8 Å². The van der Waals surface area contributed by atoms with Crippen LogP contribution in [0.25, 0.3) is 0 Å². The summed E-state index contributed by atoms with van der Waals surface area (Å²) in [5.74, 6) is 0.218. The van der Waals surface area contributed by atoms with E-state index in [-0.39, 0.29) is 46.8 Å². The van der Waals surface area contributed by atoms with Crippen LogP contribution in [0, 0.1) is 40.4 Å². The molecule has 5 nitrogen and oxygen atoms in total. The third kappa shape index (κ3) is 2.58. The van der Waals surface area contributed by atoms with Gasteiger partial charge >= 0.3 is 5.97 Å². The van der Waals surface area contributed by atoms with E-state index in [2.05, 4.69) is 13.8 Å². The normalized spacial score (nSPS) is 48.8. The van der Waals surface area contributed by atoms with Crippen molar-refractivity contribution in [2.45, 2.75) is 71.5 Å². The Morgan fingerprint density at radius 2 is 1.96 bits per heavy atom. The number of ether oxygens (including phenoxy) is 1. The van der Waals surface area contributed by atoms with Gasteiger partial charge in [0.2, 0.25) is 0 Å². The van der Waals surface area contributed by atoms with Crippen LogP contribution in [0.15, 0.2) is 11.6 Å². The van der Waals surface area contributed by atoms with Gasteiger partial charge in [-0.1, -0.05) is 26.3 Å². The Hall–Kier alpha value is -1.20. The monoisotopic (exact) mass is 390 g/mol. The lowest BCUT2D eigenvalue weighted by molar-refractivity contribution is -0.174. The molecule has 3 unspecified atom stereocenters. The molecule has 28 heavy (non-hydrogen) atoms. The van der Waals surface area contributed by atoms with Gasteiger partial charge in [-0.15, -0.1) is 0 Å². The number of fused-ring (bicyclic) bond motifs is 5. The minimum atomic E-state index is -0.514. The van der Waals surface area contributed by atoms with Gasteiger partial charge in [0.25, 0.3) is 0 Å². The zero-order valence-corrected chi connectivity index (χ0v) is 17.5. The number of aliphatic hydroxyl groups is 2. The fourth-order valence-corrected chi connectivity index (χ4v) is 7.70. The van der Waals surface area contributed by atoms with Crippen LogP contribution in [0.1, 0.15) is 59.3 Å². The average Bonchev–Trinajstić information content (AvgIpc) is 3.01. The molecule has 0 bridgehead atoms. The Morgan fingerprint density at radius 3 is 2.64 bits per heavy atom. The van der Waals surface area contributed by atoms with Crippen LogP contribution >= 0.6 is 0 Å². The van der Waals surface area contributed by atoms with Gasteiger partial charge in [-0.2, -0.15) is 0 Å². The molecule has 0 saturated heterocycles. The molecule has 0 amide bonds. The third-order valence-electron chi connectivity index (χ3n) is 9.34. The van der Waals surface area contributed by atoms with Crippen molar-refractivity contribution in [3.05, 3.63) is 11.6 Å². The molecule has 4 aliphatic carbocycles. The van der Waals surface area contributed by atoms with Crippen LogP contribution in [0.5, 0.6) is 0 Å². The molecule has 156 valence electrons. The summed E-state index contributed by atoms with van der Waals surface area (Å²) in [6, 6.07) is 0. The summed E-state index contributed by atoms with van der Waals surface area (Å²) in [7, 11) is 1.42. The van der Waals surface area contributed by atoms with E-state index < -0.39 is 17.6 Å². The lowest BCUT2D eigenvalue weighted by Gasteiger charge is -2.61. The molecule has 4 aliphatic rings. The standard InChI is InChI=1S/C23H34O5/c1-12(21(27)28-4)15-5-6-16-20-17(11-19(26)23(15,16)3)22(2)8-7-14(24)9-13(22)10-18(20)25/h9,12,15-20,25-26H,5-8,10-11H2,1-4H3/t12?,15-,16+,17+,18?,19?,20+,22+,23-/m1/s1. The highest BCUT2D eigenvalue weighted by Crippen LogP contribution is 2.67. The van der Waals surface area contributed by atoms with E-state index in [4.69, 9.17) is 4.74 Å². The maximum Gasteiger partial charge on any atom is 0.308 e. The first kappa shape index (κ1) is 20.1. The van der Waals surface area contributed by atoms with Crippen molar-refractivity contribution in [2.24, 2.45) is 40.4 Å². The van der Waals surface area contributed by atoms with Crippen LogP contribution < -0.4 is 0 Å². The Bertz CT molecular complexity index is 714. The van der Waals surface area contributed by atoms with Gasteiger partial charge in [0.05, 0.1) is 25.2 Å². The van der Waals surface area contributed by atoms with E-state index in [1.54, 1.807) is 6.08 Å². The Balaban J connectivity index is 1.71.